The Bertz CT molecular complexity index is 625. The maximum atomic E-state index is 12.0. The summed E-state index contributed by atoms with van der Waals surface area (Å²) in [6.45, 7) is 2.62. The highest BCUT2D eigenvalue weighted by atomic mass is 35.5. The third-order valence-electron chi connectivity index (χ3n) is 3.39. The molecule has 21 heavy (non-hydrogen) atoms. The number of H-pyrrole nitrogens is 1. The average Bonchev–Trinajstić information content (AvgIpc) is 2.87. The number of aromatic amines is 1. The molecular formula is C14H16Cl2N4O. The minimum absolute atomic E-state index is 0. The SMILES string of the molecule is Cl.O=C(NCC1CNC1)c1cc(-c2ccccc2Cl)n[nH]1. The second-order valence-corrected chi connectivity index (χ2v) is 5.29. The van der Waals surface area contributed by atoms with Crippen molar-refractivity contribution in [3.8, 4) is 11.3 Å². The van der Waals surface area contributed by atoms with Crippen LogP contribution in [0.25, 0.3) is 11.3 Å². The molecule has 7 heteroatoms. The summed E-state index contributed by atoms with van der Waals surface area (Å²) < 4.78 is 0. The lowest BCUT2D eigenvalue weighted by Crippen LogP contribution is -2.48. The van der Waals surface area contributed by atoms with E-state index in [-0.39, 0.29) is 18.3 Å². The Balaban J connectivity index is 0.00000161. The molecule has 1 aliphatic rings. The first-order valence-corrected chi connectivity index (χ1v) is 6.91. The summed E-state index contributed by atoms with van der Waals surface area (Å²) in [6, 6.07) is 9.14. The van der Waals surface area contributed by atoms with Crippen LogP contribution in [0, 0.1) is 5.92 Å². The van der Waals surface area contributed by atoms with Gasteiger partial charge in [-0.15, -0.1) is 12.4 Å². The van der Waals surface area contributed by atoms with E-state index in [1.807, 2.05) is 18.2 Å². The van der Waals surface area contributed by atoms with E-state index in [2.05, 4.69) is 20.8 Å². The normalized spacial score (nSPS) is 14.1. The number of amides is 1. The summed E-state index contributed by atoms with van der Waals surface area (Å²) in [4.78, 5) is 12.0. The van der Waals surface area contributed by atoms with E-state index >= 15 is 0 Å². The minimum atomic E-state index is -0.136. The molecule has 112 valence electrons. The van der Waals surface area contributed by atoms with Gasteiger partial charge in [0.05, 0.1) is 10.7 Å². The number of nitrogens with one attached hydrogen (secondary N) is 3. The van der Waals surface area contributed by atoms with Gasteiger partial charge in [-0.25, -0.2) is 0 Å². The molecule has 1 aromatic heterocycles. The predicted molar refractivity (Wildman–Crippen MR) is 85.0 cm³/mol. The van der Waals surface area contributed by atoms with Gasteiger partial charge in [0, 0.05) is 31.1 Å². The molecule has 5 nitrogen and oxygen atoms in total. The molecule has 0 aliphatic carbocycles. The molecule has 3 rings (SSSR count). The van der Waals surface area contributed by atoms with Crippen LogP contribution in [0.2, 0.25) is 5.02 Å². The number of halogens is 2. The van der Waals surface area contributed by atoms with Gasteiger partial charge in [-0.1, -0.05) is 29.8 Å². The summed E-state index contributed by atoms with van der Waals surface area (Å²) in [6.07, 6.45) is 0. The highest BCUT2D eigenvalue weighted by Crippen LogP contribution is 2.26. The zero-order valence-corrected chi connectivity index (χ0v) is 12.8. The maximum Gasteiger partial charge on any atom is 0.269 e. The van der Waals surface area contributed by atoms with Gasteiger partial charge in [-0.05, 0) is 12.1 Å². The molecule has 2 heterocycles. The van der Waals surface area contributed by atoms with Crippen LogP contribution >= 0.6 is 24.0 Å². The number of carbonyl (C=O) groups excluding carboxylic acids is 1. The Morgan fingerprint density at radius 2 is 2.14 bits per heavy atom. The number of hydrogen-bond donors (Lipinski definition) is 3. The number of carbonyl (C=O) groups is 1. The lowest BCUT2D eigenvalue weighted by atomic mass is 10.0. The average molecular weight is 327 g/mol. The summed E-state index contributed by atoms with van der Waals surface area (Å²) in [5, 5.41) is 13.6. The van der Waals surface area contributed by atoms with Gasteiger partial charge < -0.3 is 10.6 Å². The molecule has 0 unspecified atom stereocenters. The highest BCUT2D eigenvalue weighted by Gasteiger charge is 2.18. The summed E-state index contributed by atoms with van der Waals surface area (Å²) in [5.74, 6) is 0.396. The molecule has 0 spiro atoms. The van der Waals surface area contributed by atoms with Gasteiger partial charge >= 0.3 is 0 Å². The van der Waals surface area contributed by atoms with Crippen molar-refractivity contribution in [1.29, 1.82) is 0 Å². The van der Waals surface area contributed by atoms with E-state index in [9.17, 15) is 4.79 Å². The van der Waals surface area contributed by atoms with Crippen molar-refractivity contribution in [2.45, 2.75) is 0 Å². The molecule has 0 saturated carbocycles. The fourth-order valence-corrected chi connectivity index (χ4v) is 2.30. The molecule has 1 aromatic carbocycles. The predicted octanol–water partition coefficient (Wildman–Crippen LogP) is 2.10. The zero-order valence-electron chi connectivity index (χ0n) is 11.2. The Hall–Kier alpha value is -1.56. The topological polar surface area (TPSA) is 69.8 Å². The van der Waals surface area contributed by atoms with Crippen molar-refractivity contribution in [1.82, 2.24) is 20.8 Å². The van der Waals surface area contributed by atoms with E-state index in [0.29, 0.717) is 28.9 Å². The molecule has 3 N–H and O–H groups in total. The van der Waals surface area contributed by atoms with Crippen LogP contribution in [0.1, 0.15) is 10.5 Å². The van der Waals surface area contributed by atoms with E-state index < -0.39 is 0 Å². The first-order valence-electron chi connectivity index (χ1n) is 6.53. The van der Waals surface area contributed by atoms with Crippen molar-refractivity contribution in [3.05, 3.63) is 41.0 Å². The number of nitrogens with zero attached hydrogens (tertiary/aromatic N) is 1. The molecule has 0 bridgehead atoms. The molecule has 0 atom stereocenters. The quantitative estimate of drug-likeness (QED) is 0.805. The summed E-state index contributed by atoms with van der Waals surface area (Å²) in [7, 11) is 0. The molecular weight excluding hydrogens is 311 g/mol. The largest absolute Gasteiger partial charge is 0.350 e. The molecule has 2 aromatic rings. The standard InChI is InChI=1S/C14H15ClN4O.ClH/c15-11-4-2-1-3-10(11)12-5-13(19-18-12)14(20)17-8-9-6-16-7-9;/h1-5,9,16H,6-8H2,(H,17,20)(H,18,19);1H. The molecule has 1 aliphatic heterocycles. The minimum Gasteiger partial charge on any atom is -0.350 e. The van der Waals surface area contributed by atoms with E-state index in [1.165, 1.54) is 0 Å². The van der Waals surface area contributed by atoms with Crippen molar-refractivity contribution < 1.29 is 4.79 Å². The third kappa shape index (κ3) is 3.56. The van der Waals surface area contributed by atoms with Crippen molar-refractivity contribution in [2.24, 2.45) is 5.92 Å². The highest BCUT2D eigenvalue weighted by molar-refractivity contribution is 6.33. The lowest BCUT2D eigenvalue weighted by Gasteiger charge is -2.26. The van der Waals surface area contributed by atoms with Gasteiger partial charge in [0.2, 0.25) is 0 Å². The van der Waals surface area contributed by atoms with Crippen LogP contribution in [-0.4, -0.2) is 35.7 Å². The van der Waals surface area contributed by atoms with Crippen LogP contribution in [-0.2, 0) is 0 Å². The zero-order chi connectivity index (χ0) is 13.9. The second-order valence-electron chi connectivity index (χ2n) is 4.88. The van der Waals surface area contributed by atoms with E-state index in [0.717, 1.165) is 18.7 Å². The van der Waals surface area contributed by atoms with Crippen LogP contribution in [0.15, 0.2) is 30.3 Å². The van der Waals surface area contributed by atoms with E-state index in [1.54, 1.807) is 12.1 Å². The number of aromatic nitrogens is 2. The first-order chi connectivity index (χ1) is 9.74. The molecule has 1 amide bonds. The smallest absolute Gasteiger partial charge is 0.269 e. The fourth-order valence-electron chi connectivity index (χ4n) is 2.07. The molecule has 1 saturated heterocycles. The fraction of sp³-hybridized carbons (Fsp3) is 0.286. The summed E-state index contributed by atoms with van der Waals surface area (Å²) >= 11 is 6.12. The third-order valence-corrected chi connectivity index (χ3v) is 3.72. The Morgan fingerprint density at radius 3 is 2.81 bits per heavy atom. The van der Waals surface area contributed by atoms with Gasteiger partial charge in [0.15, 0.2) is 0 Å². The lowest BCUT2D eigenvalue weighted by molar-refractivity contribution is 0.0937. The van der Waals surface area contributed by atoms with Crippen LogP contribution in [0.5, 0.6) is 0 Å². The van der Waals surface area contributed by atoms with Gasteiger partial charge in [0.25, 0.3) is 5.91 Å². The van der Waals surface area contributed by atoms with Crippen LogP contribution in [0.3, 0.4) is 0 Å². The Labute approximate surface area is 133 Å². The number of rotatable bonds is 4. The second kappa shape index (κ2) is 6.93. The van der Waals surface area contributed by atoms with Crippen molar-refractivity contribution >= 4 is 29.9 Å². The van der Waals surface area contributed by atoms with Crippen LogP contribution in [0.4, 0.5) is 0 Å². The van der Waals surface area contributed by atoms with E-state index in [4.69, 9.17) is 11.6 Å². The molecule has 0 radical (unpaired) electrons. The van der Waals surface area contributed by atoms with Crippen LogP contribution < -0.4 is 10.6 Å². The Morgan fingerprint density at radius 1 is 1.38 bits per heavy atom. The van der Waals surface area contributed by atoms with Gasteiger partial charge in [-0.3, -0.25) is 9.89 Å². The summed E-state index contributed by atoms with van der Waals surface area (Å²) in [5.41, 5.74) is 1.94. The van der Waals surface area contributed by atoms with Gasteiger partial charge in [0.1, 0.15) is 5.69 Å². The number of benzene rings is 1. The monoisotopic (exact) mass is 326 g/mol. The number of hydrogen-bond acceptors (Lipinski definition) is 3. The Kier molecular flexibility index (Phi) is 5.22. The van der Waals surface area contributed by atoms with Crippen molar-refractivity contribution in [2.75, 3.05) is 19.6 Å². The maximum absolute atomic E-state index is 12.0. The molecule has 1 fully saturated rings. The van der Waals surface area contributed by atoms with Gasteiger partial charge in [-0.2, -0.15) is 5.10 Å². The van der Waals surface area contributed by atoms with Crippen molar-refractivity contribution in [3.63, 3.8) is 0 Å². The first kappa shape index (κ1) is 15.8.